The van der Waals surface area contributed by atoms with Gasteiger partial charge in [-0.05, 0) is 12.1 Å². The van der Waals surface area contributed by atoms with Crippen LogP contribution < -0.4 is 10.4 Å². The van der Waals surface area contributed by atoms with E-state index in [0.717, 1.165) is 0 Å². The monoisotopic (exact) mass is 253 g/mol. The first kappa shape index (κ1) is 10.9. The van der Waals surface area contributed by atoms with Gasteiger partial charge in [-0.15, -0.1) is 11.3 Å². The van der Waals surface area contributed by atoms with E-state index in [9.17, 15) is 9.90 Å². The van der Waals surface area contributed by atoms with E-state index in [2.05, 4.69) is 10.3 Å². The highest BCUT2D eigenvalue weighted by Crippen LogP contribution is 2.26. The van der Waals surface area contributed by atoms with Crippen molar-refractivity contribution in [2.75, 3.05) is 5.32 Å². The highest BCUT2D eigenvalue weighted by atomic mass is 35.5. The van der Waals surface area contributed by atoms with Gasteiger partial charge in [0.25, 0.3) is 0 Å². The van der Waals surface area contributed by atoms with Crippen LogP contribution in [0, 0.1) is 0 Å². The molecule has 4 nitrogen and oxygen atoms in total. The van der Waals surface area contributed by atoms with Crippen molar-refractivity contribution >= 4 is 39.7 Å². The highest BCUT2D eigenvalue weighted by molar-refractivity contribution is 7.14. The Balaban J connectivity index is 2.21. The number of carboxylic acids is 1. The van der Waals surface area contributed by atoms with Gasteiger partial charge in [-0.3, -0.25) is 0 Å². The Hall–Kier alpha value is -1.59. The Kier molecular flexibility index (Phi) is 3.07. The number of halogens is 1. The topological polar surface area (TPSA) is 65.0 Å². The number of thiazole rings is 1. The maximum absolute atomic E-state index is 10.5. The summed E-state index contributed by atoms with van der Waals surface area (Å²) in [5.41, 5.74) is 0.600. The number of nitrogens with zero attached hydrogens (tertiary/aromatic N) is 1. The Morgan fingerprint density at radius 2 is 2.19 bits per heavy atom. The molecule has 16 heavy (non-hydrogen) atoms. The van der Waals surface area contributed by atoms with E-state index >= 15 is 0 Å². The number of benzene rings is 1. The number of carbonyl (C=O) groups is 1. The third-order valence-electron chi connectivity index (χ3n) is 1.83. The quantitative estimate of drug-likeness (QED) is 0.907. The zero-order chi connectivity index (χ0) is 11.5. The SMILES string of the molecule is O=C([O-])c1csc(Nc2ccccc2Cl)n1. The molecule has 6 heteroatoms. The van der Waals surface area contributed by atoms with Gasteiger partial charge >= 0.3 is 0 Å². The van der Waals surface area contributed by atoms with Gasteiger partial charge in [0.15, 0.2) is 5.13 Å². The maximum Gasteiger partial charge on any atom is 0.187 e. The summed E-state index contributed by atoms with van der Waals surface area (Å²) >= 11 is 7.11. The Labute approximate surface area is 101 Å². The average molecular weight is 254 g/mol. The summed E-state index contributed by atoms with van der Waals surface area (Å²) in [6.45, 7) is 0. The number of aromatic carboxylic acids is 1. The van der Waals surface area contributed by atoms with Gasteiger partial charge in [-0.1, -0.05) is 23.7 Å². The first-order valence-corrected chi connectivity index (χ1v) is 5.61. The molecular formula is C10H6ClN2O2S-. The fourth-order valence-electron chi connectivity index (χ4n) is 1.10. The van der Waals surface area contributed by atoms with Crippen molar-refractivity contribution in [3.05, 3.63) is 40.4 Å². The van der Waals surface area contributed by atoms with Crippen molar-refractivity contribution in [2.45, 2.75) is 0 Å². The largest absolute Gasteiger partial charge is 0.543 e. The van der Waals surface area contributed by atoms with Gasteiger partial charge in [0.1, 0.15) is 0 Å². The number of aromatic nitrogens is 1. The van der Waals surface area contributed by atoms with E-state index in [1.54, 1.807) is 12.1 Å². The Morgan fingerprint density at radius 3 is 2.81 bits per heavy atom. The molecule has 0 aliphatic heterocycles. The molecule has 0 aliphatic carbocycles. The molecule has 2 aromatic rings. The van der Waals surface area contributed by atoms with Crippen LogP contribution in [0.3, 0.4) is 0 Å². The normalized spacial score (nSPS) is 10.1. The molecule has 1 aromatic heterocycles. The van der Waals surface area contributed by atoms with E-state index in [1.165, 1.54) is 16.7 Å². The molecule has 1 heterocycles. The van der Waals surface area contributed by atoms with Gasteiger partial charge in [0.2, 0.25) is 0 Å². The van der Waals surface area contributed by atoms with Crippen molar-refractivity contribution in [2.24, 2.45) is 0 Å². The lowest BCUT2D eigenvalue weighted by molar-refractivity contribution is -0.255. The summed E-state index contributed by atoms with van der Waals surface area (Å²) in [7, 11) is 0. The van der Waals surface area contributed by atoms with Crippen molar-refractivity contribution in [3.63, 3.8) is 0 Å². The summed E-state index contributed by atoms with van der Waals surface area (Å²) in [6, 6.07) is 7.14. The second kappa shape index (κ2) is 4.51. The second-order valence-electron chi connectivity index (χ2n) is 2.93. The number of nitrogens with one attached hydrogen (secondary N) is 1. The van der Waals surface area contributed by atoms with Crippen LogP contribution in [0.2, 0.25) is 5.02 Å². The summed E-state index contributed by atoms with van der Waals surface area (Å²) in [4.78, 5) is 14.3. The standard InChI is InChI=1S/C10H7ClN2O2S/c11-6-3-1-2-4-7(6)12-10-13-8(5-16-10)9(14)15/h1-5H,(H,12,13)(H,14,15)/p-1. The number of para-hydroxylation sites is 1. The van der Waals surface area contributed by atoms with Crippen LogP contribution in [-0.4, -0.2) is 11.0 Å². The van der Waals surface area contributed by atoms with E-state index in [-0.39, 0.29) is 5.69 Å². The zero-order valence-corrected chi connectivity index (χ0v) is 9.51. The van der Waals surface area contributed by atoms with Crippen molar-refractivity contribution in [3.8, 4) is 0 Å². The molecule has 0 radical (unpaired) electrons. The van der Waals surface area contributed by atoms with Crippen LogP contribution in [0.5, 0.6) is 0 Å². The van der Waals surface area contributed by atoms with Crippen LogP contribution in [0.25, 0.3) is 0 Å². The average Bonchev–Trinajstić information content (AvgIpc) is 2.70. The first-order chi connectivity index (χ1) is 7.66. The molecule has 0 fully saturated rings. The van der Waals surface area contributed by atoms with Crippen molar-refractivity contribution in [1.29, 1.82) is 0 Å². The number of carbonyl (C=O) groups excluding carboxylic acids is 1. The summed E-state index contributed by atoms with van der Waals surface area (Å²) in [5.74, 6) is -1.29. The van der Waals surface area contributed by atoms with Gasteiger partial charge in [0, 0.05) is 5.38 Å². The molecule has 0 bridgehead atoms. The van der Waals surface area contributed by atoms with E-state index in [0.29, 0.717) is 15.8 Å². The number of carboxylic acid groups (broad SMARTS) is 1. The van der Waals surface area contributed by atoms with Gasteiger partial charge < -0.3 is 15.2 Å². The smallest absolute Gasteiger partial charge is 0.187 e. The molecular weight excluding hydrogens is 248 g/mol. The van der Waals surface area contributed by atoms with Crippen LogP contribution in [0.4, 0.5) is 10.8 Å². The first-order valence-electron chi connectivity index (χ1n) is 4.35. The molecule has 0 atom stereocenters. The molecule has 82 valence electrons. The van der Waals surface area contributed by atoms with Crippen LogP contribution >= 0.6 is 22.9 Å². The fraction of sp³-hybridized carbons (Fsp3) is 0. The predicted molar refractivity (Wildman–Crippen MR) is 61.2 cm³/mol. The number of hydrogen-bond donors (Lipinski definition) is 1. The van der Waals surface area contributed by atoms with Gasteiger partial charge in [-0.25, -0.2) is 4.98 Å². The third kappa shape index (κ3) is 2.32. The maximum atomic E-state index is 10.5. The number of rotatable bonds is 3. The molecule has 2 rings (SSSR count). The zero-order valence-electron chi connectivity index (χ0n) is 7.94. The minimum atomic E-state index is -1.29. The molecule has 0 saturated carbocycles. The van der Waals surface area contributed by atoms with E-state index in [4.69, 9.17) is 11.6 Å². The molecule has 0 amide bonds. The molecule has 0 spiro atoms. The fourth-order valence-corrected chi connectivity index (χ4v) is 1.98. The number of anilines is 2. The summed E-state index contributed by atoms with van der Waals surface area (Å²) < 4.78 is 0. The van der Waals surface area contributed by atoms with Crippen molar-refractivity contribution in [1.82, 2.24) is 4.98 Å². The van der Waals surface area contributed by atoms with Crippen molar-refractivity contribution < 1.29 is 9.90 Å². The summed E-state index contributed by atoms with van der Waals surface area (Å²) in [5, 5.41) is 15.9. The van der Waals surface area contributed by atoms with Gasteiger partial charge in [0.05, 0.1) is 22.4 Å². The molecule has 1 N–H and O–H groups in total. The molecule has 0 aliphatic rings. The minimum Gasteiger partial charge on any atom is -0.543 e. The van der Waals surface area contributed by atoms with Crippen LogP contribution in [0.1, 0.15) is 10.5 Å². The van der Waals surface area contributed by atoms with Crippen LogP contribution in [0.15, 0.2) is 29.6 Å². The predicted octanol–water partition coefficient (Wildman–Crippen LogP) is 1.90. The van der Waals surface area contributed by atoms with E-state index in [1.807, 2.05) is 12.1 Å². The Bertz CT molecular complexity index is 527. The third-order valence-corrected chi connectivity index (χ3v) is 2.92. The lowest BCUT2D eigenvalue weighted by Gasteiger charge is -2.03. The Morgan fingerprint density at radius 1 is 1.44 bits per heavy atom. The molecule has 0 unspecified atom stereocenters. The lowest BCUT2D eigenvalue weighted by Crippen LogP contribution is -2.22. The molecule has 1 aromatic carbocycles. The lowest BCUT2D eigenvalue weighted by atomic mass is 10.3. The van der Waals surface area contributed by atoms with E-state index < -0.39 is 5.97 Å². The number of hydrogen-bond acceptors (Lipinski definition) is 5. The van der Waals surface area contributed by atoms with Crippen LogP contribution in [-0.2, 0) is 0 Å². The van der Waals surface area contributed by atoms with Gasteiger partial charge in [-0.2, -0.15) is 0 Å². The highest BCUT2D eigenvalue weighted by Gasteiger charge is 2.04. The minimum absolute atomic E-state index is 0.0837. The second-order valence-corrected chi connectivity index (χ2v) is 4.20. The summed E-state index contributed by atoms with van der Waals surface area (Å²) in [6.07, 6.45) is 0. The molecule has 0 saturated heterocycles.